The fourth-order valence-corrected chi connectivity index (χ4v) is 13.5. The zero-order valence-electron chi connectivity index (χ0n) is 39.2. The summed E-state index contributed by atoms with van der Waals surface area (Å²) in [4.78, 5) is 76.0. The third-order valence-electron chi connectivity index (χ3n) is 14.2. The summed E-state index contributed by atoms with van der Waals surface area (Å²) in [5.74, 6) is 0.540. The first kappa shape index (κ1) is 46.9. The zero-order chi connectivity index (χ0) is 48.9. The minimum absolute atomic E-state index is 0.150. The van der Waals surface area contributed by atoms with Crippen molar-refractivity contribution in [2.24, 2.45) is 7.05 Å². The normalized spacial score (nSPS) is 17.0. The molecule has 1 atom stereocenters. The van der Waals surface area contributed by atoms with Crippen molar-refractivity contribution in [2.75, 3.05) is 43.1 Å². The van der Waals surface area contributed by atoms with Gasteiger partial charge in [0.25, 0.3) is 16.7 Å². The van der Waals surface area contributed by atoms with Crippen molar-refractivity contribution < 1.29 is 14.3 Å². The maximum absolute atomic E-state index is 13.7. The predicted molar refractivity (Wildman–Crippen MR) is 283 cm³/mol. The van der Waals surface area contributed by atoms with Gasteiger partial charge in [-0.25, -0.2) is 4.98 Å². The van der Waals surface area contributed by atoms with E-state index in [-0.39, 0.29) is 16.7 Å². The molecule has 0 unspecified atom stereocenters. The first-order valence-corrected chi connectivity index (χ1v) is 26.4. The van der Waals surface area contributed by atoms with E-state index < -0.39 is 0 Å². The van der Waals surface area contributed by atoms with Crippen molar-refractivity contribution >= 4 is 88.5 Å². The molecule has 2 aliphatic carbocycles. The van der Waals surface area contributed by atoms with Gasteiger partial charge in [-0.05, 0) is 127 Å². The second-order valence-electron chi connectivity index (χ2n) is 18.6. The SMILES string of the molecule is C[C@H]1CN(C2COC2)CCN1c1ccc(Nc2cc(-c3cccc(-n4ncc5c6c(sc5c4=O)CCCC6)c3C=O)cn(C)c2=O)nc1.O=Cc1c(Br)cccc1-n1ncc2c3c(sc2c1=O)CCCC3. The third kappa shape index (κ3) is 8.68. The lowest BCUT2D eigenvalue weighted by molar-refractivity contribution is -0.0691. The summed E-state index contributed by atoms with van der Waals surface area (Å²) in [5, 5.41) is 14.0. The minimum Gasteiger partial charge on any atom is -0.378 e. The van der Waals surface area contributed by atoms with Gasteiger partial charge in [0.1, 0.15) is 20.9 Å². The number of nitrogens with zero attached hydrogens (tertiary/aromatic N) is 8. The molecule has 1 N–H and O–H groups in total. The van der Waals surface area contributed by atoms with Crippen LogP contribution in [0.5, 0.6) is 0 Å². The summed E-state index contributed by atoms with van der Waals surface area (Å²) < 4.78 is 11.6. The molecule has 2 saturated heterocycles. The van der Waals surface area contributed by atoms with Crippen LogP contribution in [0.1, 0.15) is 74.2 Å². The van der Waals surface area contributed by atoms with Crippen molar-refractivity contribution in [3.05, 3.63) is 147 Å². The Morgan fingerprint density at radius 3 is 1.94 bits per heavy atom. The zero-order valence-corrected chi connectivity index (χ0v) is 42.4. The van der Waals surface area contributed by atoms with E-state index in [0.29, 0.717) is 66.4 Å². The predicted octanol–water partition coefficient (Wildman–Crippen LogP) is 8.45. The summed E-state index contributed by atoms with van der Waals surface area (Å²) >= 11 is 6.48. The van der Waals surface area contributed by atoms with Crippen LogP contribution in [-0.4, -0.2) is 91.5 Å². The Kier molecular flexibility index (Phi) is 13.0. The monoisotopic (exact) mass is 1050 g/mol. The Morgan fingerprint density at radius 1 is 0.746 bits per heavy atom. The lowest BCUT2D eigenvalue weighted by Gasteiger charge is -2.46. The smallest absolute Gasteiger partial charge is 0.289 e. The molecule has 12 rings (SSSR count). The van der Waals surface area contributed by atoms with E-state index in [1.807, 2.05) is 24.4 Å². The number of aromatic nitrogens is 6. The molecule has 4 aliphatic rings. The first-order valence-electron chi connectivity index (χ1n) is 24.0. The van der Waals surface area contributed by atoms with Crippen LogP contribution in [0.3, 0.4) is 0 Å². The number of nitrogens with one attached hydrogen (secondary N) is 1. The Morgan fingerprint density at radius 2 is 1.37 bits per heavy atom. The maximum Gasteiger partial charge on any atom is 0.289 e. The number of aldehydes is 2. The number of pyridine rings is 2. The molecule has 0 amide bonds. The fraction of sp³-hybridized carbons (Fsp3) is 0.321. The highest BCUT2D eigenvalue weighted by molar-refractivity contribution is 9.10. The molecule has 362 valence electrons. The van der Waals surface area contributed by atoms with E-state index in [1.165, 1.54) is 47.7 Å². The molecule has 0 spiro atoms. The molecule has 15 nitrogen and oxygen atoms in total. The minimum atomic E-state index is -0.233. The number of hydrogen-bond donors (Lipinski definition) is 1. The van der Waals surface area contributed by atoms with E-state index in [1.54, 1.807) is 84.7 Å². The largest absolute Gasteiger partial charge is 0.378 e. The number of piperazine rings is 1. The van der Waals surface area contributed by atoms with Crippen LogP contribution in [-0.2, 0) is 37.5 Å². The lowest BCUT2D eigenvalue weighted by atomic mass is 9.97. The van der Waals surface area contributed by atoms with Crippen LogP contribution in [0.25, 0.3) is 42.7 Å². The number of aryl methyl sites for hydroxylation is 5. The molecule has 0 radical (unpaired) electrons. The average Bonchev–Trinajstić information content (AvgIpc) is 3.95. The number of hydrogen-bond acceptors (Lipinski definition) is 14. The first-order chi connectivity index (χ1) is 34.6. The van der Waals surface area contributed by atoms with Gasteiger partial charge in [0.2, 0.25) is 0 Å². The molecule has 18 heteroatoms. The Labute approximate surface area is 424 Å². The van der Waals surface area contributed by atoms with Crippen LogP contribution in [0.2, 0.25) is 0 Å². The summed E-state index contributed by atoms with van der Waals surface area (Å²) in [5.41, 5.74) is 6.17. The Balaban J connectivity index is 0.000000198. The van der Waals surface area contributed by atoms with E-state index in [4.69, 9.17) is 4.74 Å². The maximum atomic E-state index is 13.7. The van der Waals surface area contributed by atoms with Crippen LogP contribution in [0.15, 0.2) is 98.2 Å². The topological polar surface area (TPSA) is 167 Å². The number of thiophene rings is 2. The number of anilines is 3. The highest BCUT2D eigenvalue weighted by Gasteiger charge is 2.32. The summed E-state index contributed by atoms with van der Waals surface area (Å²) in [7, 11) is 1.67. The number of halogens is 1. The van der Waals surface area contributed by atoms with Gasteiger partial charge in [0.05, 0.1) is 60.5 Å². The fourth-order valence-electron chi connectivity index (χ4n) is 10.4. The molecule has 8 heterocycles. The van der Waals surface area contributed by atoms with E-state index >= 15 is 0 Å². The number of ether oxygens (including phenoxy) is 1. The van der Waals surface area contributed by atoms with Crippen LogP contribution >= 0.6 is 38.6 Å². The van der Waals surface area contributed by atoms with Gasteiger partial charge in [0.15, 0.2) is 12.6 Å². The molecule has 0 bridgehead atoms. The highest BCUT2D eigenvalue weighted by atomic mass is 79.9. The number of benzene rings is 2. The van der Waals surface area contributed by atoms with Gasteiger partial charge in [-0.15, -0.1) is 22.7 Å². The highest BCUT2D eigenvalue weighted by Crippen LogP contribution is 2.37. The average molecular weight is 1050 g/mol. The number of carbonyl (C=O) groups is 2. The quantitative estimate of drug-likeness (QED) is 0.137. The van der Waals surface area contributed by atoms with Gasteiger partial charge in [0, 0.05) is 75.0 Å². The van der Waals surface area contributed by atoms with Crippen molar-refractivity contribution in [2.45, 2.75) is 70.4 Å². The van der Waals surface area contributed by atoms with Gasteiger partial charge >= 0.3 is 0 Å². The second-order valence-corrected chi connectivity index (χ2v) is 21.7. The summed E-state index contributed by atoms with van der Waals surface area (Å²) in [6, 6.07) is 17.2. The summed E-state index contributed by atoms with van der Waals surface area (Å²) in [6.07, 6.45) is 17.2. The van der Waals surface area contributed by atoms with Crippen LogP contribution in [0.4, 0.5) is 17.2 Å². The van der Waals surface area contributed by atoms with E-state index in [9.17, 15) is 24.0 Å². The number of rotatable bonds is 9. The van der Waals surface area contributed by atoms with E-state index in [0.717, 1.165) is 105 Å². The molecule has 8 aromatic rings. The Hall–Kier alpha value is -6.44. The van der Waals surface area contributed by atoms with Crippen molar-refractivity contribution in [1.29, 1.82) is 0 Å². The van der Waals surface area contributed by atoms with Crippen LogP contribution < -0.4 is 26.9 Å². The van der Waals surface area contributed by atoms with E-state index in [2.05, 4.69) is 53.2 Å². The van der Waals surface area contributed by atoms with Crippen molar-refractivity contribution in [3.8, 4) is 22.5 Å². The third-order valence-corrected chi connectivity index (χ3v) is 17.5. The standard InChI is InChI=1S/C36H37N7O4S.C17H13BrN2O2S/c1-22-17-41(25-20-47-21-25)12-13-42(22)24-10-11-33(37-15-24)39-30-14-23(18-40(2)35(30)45)26-7-5-8-31(29(26)19-44)43-36(46)34-28(16-38-43)27-6-3-4-9-32(27)48-34;18-13-5-3-6-14(12(13)9-21)20-17(22)16-11(8-19-20)10-4-1-2-7-15(10)23-16/h5,7-8,10-11,14-16,18-19,22,25H,3-4,6,9,12-13,17,20-21H2,1-2H3,(H,37,39);3,5-6,8-9H,1-2,4,7H2/t22-;/m0./s1. The molecule has 2 fully saturated rings. The molecule has 71 heavy (non-hydrogen) atoms. The number of carbonyl (C=O) groups excluding carboxylic acids is 2. The molecule has 0 saturated carbocycles. The summed E-state index contributed by atoms with van der Waals surface area (Å²) in [6.45, 7) is 6.76. The molecule has 2 aromatic carbocycles. The second kappa shape index (κ2) is 19.6. The lowest BCUT2D eigenvalue weighted by Crippen LogP contribution is -2.59. The van der Waals surface area contributed by atoms with Gasteiger partial charge in [-0.3, -0.25) is 28.9 Å². The van der Waals surface area contributed by atoms with Crippen LogP contribution in [0, 0.1) is 0 Å². The molecular formula is C53H50BrN9O6S2. The Bertz CT molecular complexity index is 3580. The van der Waals surface area contributed by atoms with Gasteiger partial charge in [-0.1, -0.05) is 18.2 Å². The van der Waals surface area contributed by atoms with Gasteiger partial charge < -0.3 is 19.5 Å². The molecular weight excluding hydrogens is 1000 g/mol. The van der Waals surface area contributed by atoms with Crippen molar-refractivity contribution in [3.63, 3.8) is 0 Å². The molecule has 2 aliphatic heterocycles. The molecule has 6 aromatic heterocycles. The van der Waals surface area contributed by atoms with Gasteiger partial charge in [-0.2, -0.15) is 19.6 Å². The number of fused-ring (bicyclic) bond motifs is 6. The van der Waals surface area contributed by atoms with Crippen molar-refractivity contribution in [1.82, 2.24) is 34.0 Å².